The summed E-state index contributed by atoms with van der Waals surface area (Å²) < 4.78 is 0. The molecule has 5 aliphatic carbocycles. The highest BCUT2D eigenvalue weighted by atomic mass is 17.1. The van der Waals surface area contributed by atoms with E-state index in [1.807, 2.05) is 13.8 Å². The van der Waals surface area contributed by atoms with Gasteiger partial charge in [0, 0.05) is 0 Å². The third-order valence-corrected chi connectivity index (χ3v) is 13.5. The summed E-state index contributed by atoms with van der Waals surface area (Å²) in [7, 11) is 0. The van der Waals surface area contributed by atoms with Crippen molar-refractivity contribution < 1.29 is 15.3 Å². The predicted octanol–water partition coefficient (Wildman–Crippen LogP) is 7.86. The molecule has 0 heterocycles. The van der Waals surface area contributed by atoms with Crippen LogP contribution in [-0.2, 0) is 4.89 Å². The van der Waals surface area contributed by atoms with Crippen molar-refractivity contribution in [2.75, 3.05) is 0 Å². The van der Waals surface area contributed by atoms with Gasteiger partial charge in [0.15, 0.2) is 0 Å². The molecule has 5 saturated carbocycles. The molecule has 9 atom stereocenters. The Balaban J connectivity index is 1.35. The zero-order valence-corrected chi connectivity index (χ0v) is 22.7. The summed E-state index contributed by atoms with van der Waals surface area (Å²) in [5, 5.41) is 20.0. The highest BCUT2D eigenvalue weighted by Crippen LogP contribution is 2.89. The predicted molar refractivity (Wildman–Crippen MR) is 134 cm³/mol. The first kappa shape index (κ1) is 24.6. The van der Waals surface area contributed by atoms with Crippen LogP contribution in [0.25, 0.3) is 0 Å². The van der Waals surface area contributed by atoms with Crippen molar-refractivity contribution in [1.29, 1.82) is 0 Å². The van der Waals surface area contributed by atoms with Crippen LogP contribution in [0, 0.1) is 50.7 Å². The maximum atomic E-state index is 10.9. The van der Waals surface area contributed by atoms with Crippen LogP contribution in [0.15, 0.2) is 0 Å². The van der Waals surface area contributed by atoms with Crippen molar-refractivity contribution in [3.05, 3.63) is 0 Å². The van der Waals surface area contributed by atoms with Gasteiger partial charge in [0.2, 0.25) is 0 Å². The fraction of sp³-hybridized carbons (Fsp3) is 1.00. The monoisotopic (exact) mass is 460 g/mol. The molecule has 0 aliphatic heterocycles. The molecular weight excluding hydrogens is 408 g/mol. The minimum Gasteiger partial charge on any atom is -0.393 e. The van der Waals surface area contributed by atoms with E-state index in [0.29, 0.717) is 21.7 Å². The van der Waals surface area contributed by atoms with E-state index in [1.54, 1.807) is 0 Å². The van der Waals surface area contributed by atoms with Crippen LogP contribution in [0.5, 0.6) is 0 Å². The average molecular weight is 461 g/mol. The van der Waals surface area contributed by atoms with Gasteiger partial charge in [0.05, 0.1) is 11.7 Å². The maximum Gasteiger partial charge on any atom is 0.0977 e. The smallest absolute Gasteiger partial charge is 0.0977 e. The molecule has 0 aromatic rings. The van der Waals surface area contributed by atoms with E-state index in [1.165, 1.54) is 57.8 Å². The Kier molecular flexibility index (Phi) is 5.55. The van der Waals surface area contributed by atoms with E-state index >= 15 is 0 Å². The number of hydrogen-bond acceptors (Lipinski definition) is 3. The third-order valence-electron chi connectivity index (χ3n) is 13.5. The Hall–Kier alpha value is -0.120. The van der Waals surface area contributed by atoms with Gasteiger partial charge in [0.1, 0.15) is 0 Å². The van der Waals surface area contributed by atoms with Gasteiger partial charge in [-0.25, -0.2) is 4.89 Å². The van der Waals surface area contributed by atoms with E-state index in [-0.39, 0.29) is 11.5 Å². The van der Waals surface area contributed by atoms with Gasteiger partial charge in [0.25, 0.3) is 0 Å². The lowest BCUT2D eigenvalue weighted by atomic mass is 9.41. The van der Waals surface area contributed by atoms with Gasteiger partial charge in [-0.3, -0.25) is 5.26 Å². The Morgan fingerprint density at radius 2 is 1.55 bits per heavy atom. The molecule has 2 spiro atoms. The van der Waals surface area contributed by atoms with Crippen LogP contribution in [0.4, 0.5) is 0 Å². The molecule has 3 heteroatoms. The van der Waals surface area contributed by atoms with E-state index in [0.717, 1.165) is 42.9 Å². The first-order valence-corrected chi connectivity index (χ1v) is 14.3. The van der Waals surface area contributed by atoms with E-state index in [2.05, 4.69) is 39.5 Å². The van der Waals surface area contributed by atoms with Crippen LogP contribution in [0.2, 0.25) is 0 Å². The standard InChI is InChI=1S/C30H52O3/c1-20(9-8-14-25(2,3)33-32)21-12-15-28(7)23-11-10-22-26(4,5)24(31)13-16-29(22)19-30(23,29)18-17-27(21,28)6/h20-24,31-32H,8-19H2,1-7H3. The second kappa shape index (κ2) is 7.45. The Labute approximate surface area is 203 Å². The zero-order valence-electron chi connectivity index (χ0n) is 22.7. The highest BCUT2D eigenvalue weighted by molar-refractivity contribution is 5.30. The molecule has 190 valence electrons. The Morgan fingerprint density at radius 3 is 2.24 bits per heavy atom. The SMILES string of the molecule is CC(CCCC(C)(C)OO)C1CCC2(C)C3CCC4C(C)(C)C(O)CCC45CC35CCC12C. The summed E-state index contributed by atoms with van der Waals surface area (Å²) in [4.78, 5) is 4.69. The molecule has 0 radical (unpaired) electrons. The van der Waals surface area contributed by atoms with Gasteiger partial charge < -0.3 is 5.11 Å². The average Bonchev–Trinajstić information content (AvgIpc) is 3.33. The minimum absolute atomic E-state index is 0.0904. The third kappa shape index (κ3) is 3.10. The number of fused-ring (bicyclic) bond motifs is 2. The molecule has 9 unspecified atom stereocenters. The van der Waals surface area contributed by atoms with Crippen molar-refractivity contribution in [2.45, 2.75) is 137 Å². The highest BCUT2D eigenvalue weighted by Gasteiger charge is 2.82. The summed E-state index contributed by atoms with van der Waals surface area (Å²) in [6.07, 6.45) is 15.4. The second-order valence-electron chi connectivity index (χ2n) is 15.2. The summed E-state index contributed by atoms with van der Waals surface area (Å²) in [6.45, 7) is 16.6. The summed E-state index contributed by atoms with van der Waals surface area (Å²) in [5.41, 5.74) is 1.74. The van der Waals surface area contributed by atoms with Crippen molar-refractivity contribution in [2.24, 2.45) is 50.7 Å². The molecule has 33 heavy (non-hydrogen) atoms. The van der Waals surface area contributed by atoms with Gasteiger partial charge in [-0.2, -0.15) is 0 Å². The number of hydrogen-bond donors (Lipinski definition) is 2. The lowest BCUT2D eigenvalue weighted by Crippen LogP contribution is -2.57. The molecule has 2 N–H and O–H groups in total. The quantitative estimate of drug-likeness (QED) is 0.313. The van der Waals surface area contributed by atoms with Gasteiger partial charge in [-0.15, -0.1) is 0 Å². The van der Waals surface area contributed by atoms with Crippen molar-refractivity contribution in [1.82, 2.24) is 0 Å². The van der Waals surface area contributed by atoms with Crippen LogP contribution in [0.3, 0.4) is 0 Å². The van der Waals surface area contributed by atoms with Crippen molar-refractivity contribution >= 4 is 0 Å². The van der Waals surface area contributed by atoms with Gasteiger partial charge >= 0.3 is 0 Å². The Bertz CT molecular complexity index is 775. The second-order valence-corrected chi connectivity index (χ2v) is 15.2. The molecule has 5 aliphatic rings. The molecule has 5 rings (SSSR count). The summed E-state index contributed by atoms with van der Waals surface area (Å²) >= 11 is 0. The molecule has 0 saturated heterocycles. The van der Waals surface area contributed by atoms with E-state index < -0.39 is 5.60 Å². The zero-order chi connectivity index (χ0) is 24.1. The fourth-order valence-electron chi connectivity index (χ4n) is 11.4. The topological polar surface area (TPSA) is 49.7 Å². The molecule has 0 amide bonds. The molecule has 0 aromatic carbocycles. The van der Waals surface area contributed by atoms with Crippen molar-refractivity contribution in [3.63, 3.8) is 0 Å². The maximum absolute atomic E-state index is 10.9. The van der Waals surface area contributed by atoms with Crippen molar-refractivity contribution in [3.8, 4) is 0 Å². The van der Waals surface area contributed by atoms with E-state index in [4.69, 9.17) is 5.26 Å². The molecule has 3 nitrogen and oxygen atoms in total. The van der Waals surface area contributed by atoms with Crippen LogP contribution in [0.1, 0.15) is 126 Å². The molecule has 0 aromatic heterocycles. The minimum atomic E-state index is -0.425. The number of aliphatic hydroxyl groups excluding tert-OH is 1. The van der Waals surface area contributed by atoms with Gasteiger partial charge in [-0.1, -0.05) is 47.5 Å². The molecular formula is C30H52O3. The lowest BCUT2D eigenvalue weighted by Gasteiger charge is -2.63. The largest absolute Gasteiger partial charge is 0.393 e. The number of aliphatic hydroxyl groups is 1. The molecule has 5 fully saturated rings. The van der Waals surface area contributed by atoms with Crippen LogP contribution in [-0.4, -0.2) is 22.1 Å². The van der Waals surface area contributed by atoms with Crippen LogP contribution < -0.4 is 0 Å². The molecule has 0 bridgehead atoms. The Morgan fingerprint density at radius 1 is 0.879 bits per heavy atom. The fourth-order valence-corrected chi connectivity index (χ4v) is 11.4. The van der Waals surface area contributed by atoms with E-state index in [9.17, 15) is 5.11 Å². The summed E-state index contributed by atoms with van der Waals surface area (Å²) in [6, 6.07) is 0. The van der Waals surface area contributed by atoms with Crippen LogP contribution >= 0.6 is 0 Å². The first-order valence-electron chi connectivity index (χ1n) is 14.3. The number of rotatable bonds is 6. The first-order chi connectivity index (χ1) is 15.3. The summed E-state index contributed by atoms with van der Waals surface area (Å²) in [5.74, 6) is 3.19. The lowest BCUT2D eigenvalue weighted by molar-refractivity contribution is -0.314. The van der Waals surface area contributed by atoms with Gasteiger partial charge in [-0.05, 0) is 129 Å². The normalized spacial score (nSPS) is 51.2.